The molecule has 0 aliphatic rings. The molecule has 14 heavy (non-hydrogen) atoms. The van der Waals surface area contributed by atoms with Gasteiger partial charge in [-0.05, 0) is 6.07 Å². The van der Waals surface area contributed by atoms with E-state index >= 15 is 0 Å². The maximum Gasteiger partial charge on any atom is 0.290 e. The summed E-state index contributed by atoms with van der Waals surface area (Å²) >= 11 is 0.950. The predicted octanol–water partition coefficient (Wildman–Crippen LogP) is 2.65. The summed E-state index contributed by atoms with van der Waals surface area (Å²) in [6.45, 7) is 0. The highest BCUT2D eigenvalue weighted by molar-refractivity contribution is 7.17. The van der Waals surface area contributed by atoms with E-state index in [0.717, 1.165) is 17.4 Å². The van der Waals surface area contributed by atoms with Gasteiger partial charge in [0.05, 0.1) is 11.0 Å². The summed E-state index contributed by atoms with van der Waals surface area (Å²) in [4.78, 5) is 9.91. The first-order valence-electron chi connectivity index (χ1n) is 3.63. The summed E-state index contributed by atoms with van der Waals surface area (Å²) in [7, 11) is 0. The lowest BCUT2D eigenvalue weighted by atomic mass is 10.2. The summed E-state index contributed by atoms with van der Waals surface area (Å²) in [6, 6.07) is 2.19. The van der Waals surface area contributed by atoms with Crippen LogP contribution in [0.25, 0.3) is 10.1 Å². The molecule has 2 rings (SSSR count). The fraction of sp³-hybridized carbons (Fsp3) is 0. The van der Waals surface area contributed by atoms with Gasteiger partial charge in [-0.1, -0.05) is 0 Å². The number of aromatic hydroxyl groups is 1. The number of nitro benzene ring substituents is 1. The molecule has 0 saturated carbocycles. The lowest BCUT2D eigenvalue weighted by Crippen LogP contribution is -1.87. The van der Waals surface area contributed by atoms with Gasteiger partial charge in [-0.15, -0.1) is 11.3 Å². The summed E-state index contributed by atoms with van der Waals surface area (Å²) in [5.74, 6) is -0.856. The third-order valence-electron chi connectivity index (χ3n) is 1.79. The number of thiophene rings is 1. The highest BCUT2D eigenvalue weighted by Gasteiger charge is 2.17. The van der Waals surface area contributed by atoms with Crippen LogP contribution in [0.3, 0.4) is 0 Å². The van der Waals surface area contributed by atoms with Gasteiger partial charge >= 0.3 is 0 Å². The van der Waals surface area contributed by atoms with Crippen molar-refractivity contribution in [1.29, 1.82) is 0 Å². The van der Waals surface area contributed by atoms with Gasteiger partial charge in [-0.2, -0.15) is 0 Å². The van der Waals surface area contributed by atoms with Crippen LogP contribution in [0.1, 0.15) is 0 Å². The van der Waals surface area contributed by atoms with E-state index in [1.807, 2.05) is 0 Å². The van der Waals surface area contributed by atoms with Crippen molar-refractivity contribution in [2.75, 3.05) is 0 Å². The standard InChI is InChI=1S/C8H4FNO3S/c9-6-3-14-8-5(6)1-4(11)2-7(8)10(12)13/h1-3,11H. The number of nitro groups is 1. The molecular weight excluding hydrogens is 209 g/mol. The Morgan fingerprint density at radius 2 is 2.21 bits per heavy atom. The van der Waals surface area contributed by atoms with Crippen molar-refractivity contribution in [3.05, 3.63) is 33.4 Å². The van der Waals surface area contributed by atoms with Crippen LogP contribution in [0.2, 0.25) is 0 Å². The Morgan fingerprint density at radius 1 is 1.50 bits per heavy atom. The second kappa shape index (κ2) is 2.91. The van der Waals surface area contributed by atoms with E-state index in [2.05, 4.69) is 0 Å². The second-order valence-corrected chi connectivity index (χ2v) is 3.56. The molecule has 0 radical (unpaired) electrons. The molecule has 2 aromatic rings. The van der Waals surface area contributed by atoms with Crippen LogP contribution in [-0.4, -0.2) is 10.0 Å². The van der Waals surface area contributed by atoms with Crippen LogP contribution in [0.5, 0.6) is 5.75 Å². The zero-order valence-corrected chi connectivity index (χ0v) is 7.55. The number of nitrogens with zero attached hydrogens (tertiary/aromatic N) is 1. The monoisotopic (exact) mass is 213 g/mol. The Bertz CT molecular complexity index is 523. The van der Waals surface area contributed by atoms with E-state index in [4.69, 9.17) is 5.11 Å². The van der Waals surface area contributed by atoms with E-state index in [1.165, 1.54) is 11.4 Å². The van der Waals surface area contributed by atoms with E-state index < -0.39 is 10.7 Å². The number of benzene rings is 1. The van der Waals surface area contributed by atoms with Crippen molar-refractivity contribution in [2.45, 2.75) is 0 Å². The molecule has 6 heteroatoms. The molecule has 0 atom stereocenters. The van der Waals surface area contributed by atoms with E-state index in [9.17, 15) is 14.5 Å². The molecular formula is C8H4FNO3S. The Kier molecular flexibility index (Phi) is 1.85. The van der Waals surface area contributed by atoms with Gasteiger partial charge in [-0.25, -0.2) is 4.39 Å². The average molecular weight is 213 g/mol. The van der Waals surface area contributed by atoms with Crippen LogP contribution >= 0.6 is 11.3 Å². The Hall–Kier alpha value is -1.69. The number of phenolic OH excluding ortho intramolecular Hbond substituents is 1. The highest BCUT2D eigenvalue weighted by Crippen LogP contribution is 2.36. The minimum absolute atomic E-state index is 0.0849. The molecule has 0 spiro atoms. The van der Waals surface area contributed by atoms with Gasteiger partial charge in [-0.3, -0.25) is 10.1 Å². The molecule has 1 aromatic carbocycles. The molecule has 0 bridgehead atoms. The third-order valence-corrected chi connectivity index (χ3v) is 2.78. The second-order valence-electron chi connectivity index (χ2n) is 2.68. The molecule has 0 unspecified atom stereocenters. The van der Waals surface area contributed by atoms with Crippen LogP contribution in [-0.2, 0) is 0 Å². The first-order chi connectivity index (χ1) is 6.59. The molecule has 0 aliphatic heterocycles. The van der Waals surface area contributed by atoms with Gasteiger partial charge in [0.15, 0.2) is 0 Å². The molecule has 4 nitrogen and oxygen atoms in total. The highest BCUT2D eigenvalue weighted by atomic mass is 32.1. The fourth-order valence-electron chi connectivity index (χ4n) is 1.21. The molecule has 0 amide bonds. The summed E-state index contributed by atoms with van der Waals surface area (Å²) in [5, 5.41) is 21.0. The Balaban J connectivity index is 2.88. The maximum absolute atomic E-state index is 13.0. The topological polar surface area (TPSA) is 63.4 Å². The minimum atomic E-state index is -0.641. The number of non-ortho nitro benzene ring substituents is 1. The number of phenols is 1. The van der Waals surface area contributed by atoms with E-state index in [1.54, 1.807) is 0 Å². The number of hydrogen-bond donors (Lipinski definition) is 1. The van der Waals surface area contributed by atoms with Crippen molar-refractivity contribution in [3.63, 3.8) is 0 Å². The molecule has 0 saturated heterocycles. The molecule has 1 heterocycles. The SMILES string of the molecule is O=[N+]([O-])c1cc(O)cc2c(F)csc12. The first-order valence-corrected chi connectivity index (χ1v) is 4.51. The van der Waals surface area contributed by atoms with E-state index in [-0.39, 0.29) is 21.5 Å². The van der Waals surface area contributed by atoms with Gasteiger partial charge < -0.3 is 5.11 Å². The number of fused-ring (bicyclic) bond motifs is 1. The van der Waals surface area contributed by atoms with Gasteiger partial charge in [0, 0.05) is 10.8 Å². The molecule has 1 aromatic heterocycles. The minimum Gasteiger partial charge on any atom is -0.508 e. The van der Waals surface area contributed by atoms with E-state index in [0.29, 0.717) is 0 Å². The van der Waals surface area contributed by atoms with Gasteiger partial charge in [0.25, 0.3) is 5.69 Å². The average Bonchev–Trinajstić information content (AvgIpc) is 2.47. The van der Waals surface area contributed by atoms with Gasteiger partial charge in [0.1, 0.15) is 16.3 Å². The van der Waals surface area contributed by atoms with Crippen LogP contribution in [0, 0.1) is 15.9 Å². The van der Waals surface area contributed by atoms with Crippen LogP contribution < -0.4 is 0 Å². The molecule has 0 fully saturated rings. The number of rotatable bonds is 1. The Labute approximate surface area is 81.4 Å². The summed E-state index contributed by atoms with van der Waals surface area (Å²) in [6.07, 6.45) is 0. The zero-order chi connectivity index (χ0) is 10.3. The fourth-order valence-corrected chi connectivity index (χ4v) is 2.10. The lowest BCUT2D eigenvalue weighted by molar-refractivity contribution is -0.382. The number of hydrogen-bond acceptors (Lipinski definition) is 4. The van der Waals surface area contributed by atoms with Crippen molar-refractivity contribution in [1.82, 2.24) is 0 Å². The predicted molar refractivity (Wildman–Crippen MR) is 50.1 cm³/mol. The summed E-state index contributed by atoms with van der Waals surface area (Å²) in [5.41, 5.74) is -0.270. The van der Waals surface area contributed by atoms with Gasteiger partial charge in [0.2, 0.25) is 0 Å². The smallest absolute Gasteiger partial charge is 0.290 e. The molecule has 0 aliphatic carbocycles. The third kappa shape index (κ3) is 1.20. The van der Waals surface area contributed by atoms with Crippen molar-refractivity contribution < 1.29 is 14.4 Å². The van der Waals surface area contributed by atoms with Crippen molar-refractivity contribution in [2.24, 2.45) is 0 Å². The quantitative estimate of drug-likeness (QED) is 0.585. The molecule has 72 valence electrons. The first kappa shape index (κ1) is 8.89. The molecule has 1 N–H and O–H groups in total. The normalized spacial score (nSPS) is 10.6. The maximum atomic E-state index is 13.0. The number of halogens is 1. The largest absolute Gasteiger partial charge is 0.508 e. The zero-order valence-electron chi connectivity index (χ0n) is 6.73. The van der Waals surface area contributed by atoms with Crippen LogP contribution in [0.4, 0.5) is 10.1 Å². The lowest BCUT2D eigenvalue weighted by Gasteiger charge is -1.95. The Morgan fingerprint density at radius 3 is 2.86 bits per heavy atom. The summed E-state index contributed by atoms with van der Waals surface area (Å²) < 4.78 is 13.3. The van der Waals surface area contributed by atoms with Crippen molar-refractivity contribution in [3.8, 4) is 5.75 Å². The van der Waals surface area contributed by atoms with Crippen molar-refractivity contribution >= 4 is 27.1 Å². The van der Waals surface area contributed by atoms with Crippen LogP contribution in [0.15, 0.2) is 17.5 Å².